The minimum Gasteiger partial charge on any atom is -0.481 e. The molecule has 0 aromatic rings. The number of rotatable bonds is 8. The van der Waals surface area contributed by atoms with Crippen LogP contribution in [0.1, 0.15) is 33.6 Å². The van der Waals surface area contributed by atoms with Crippen LogP contribution in [0.25, 0.3) is 0 Å². The zero-order valence-corrected chi connectivity index (χ0v) is 11.6. The average molecular weight is 273 g/mol. The molecule has 0 heterocycles. The summed E-state index contributed by atoms with van der Waals surface area (Å²) in [6.45, 7) is 5.67. The second-order valence-corrected chi connectivity index (χ2v) is 5.01. The number of primary amides is 1. The molecule has 5 N–H and O–H groups in total. The van der Waals surface area contributed by atoms with Gasteiger partial charge in [0.05, 0.1) is 5.92 Å². The highest BCUT2D eigenvalue weighted by molar-refractivity contribution is 5.86. The monoisotopic (exact) mass is 273 g/mol. The van der Waals surface area contributed by atoms with Crippen LogP contribution < -0.4 is 16.4 Å². The van der Waals surface area contributed by atoms with Gasteiger partial charge >= 0.3 is 12.0 Å². The highest BCUT2D eigenvalue weighted by Crippen LogP contribution is 2.05. The van der Waals surface area contributed by atoms with Crippen molar-refractivity contribution < 1.29 is 19.5 Å². The van der Waals surface area contributed by atoms with Gasteiger partial charge in [-0.2, -0.15) is 0 Å². The number of amides is 3. The van der Waals surface area contributed by atoms with Crippen molar-refractivity contribution in [1.29, 1.82) is 0 Å². The molecule has 0 rings (SSSR count). The summed E-state index contributed by atoms with van der Waals surface area (Å²) in [6, 6.07) is -1.43. The average Bonchev–Trinajstić information content (AvgIpc) is 2.26. The van der Waals surface area contributed by atoms with E-state index in [1.807, 2.05) is 13.8 Å². The first-order valence-electron chi connectivity index (χ1n) is 6.30. The van der Waals surface area contributed by atoms with Gasteiger partial charge in [0, 0.05) is 6.54 Å². The molecule has 0 saturated heterocycles. The minimum atomic E-state index is -0.900. The Morgan fingerprint density at radius 3 is 2.21 bits per heavy atom. The molecule has 2 unspecified atom stereocenters. The highest BCUT2D eigenvalue weighted by atomic mass is 16.4. The Balaban J connectivity index is 4.24. The molecule has 110 valence electrons. The van der Waals surface area contributed by atoms with Gasteiger partial charge in [0.25, 0.3) is 0 Å². The standard InChI is InChI=1S/C12H23N3O4/c1-7(2)6-9(15-12(13)19)10(16)14-5-4-8(3)11(17)18/h7-9H,4-6H2,1-3H3,(H,14,16)(H,17,18)(H3,13,15,19). The number of aliphatic carboxylic acids is 1. The molecule has 0 aliphatic carbocycles. The van der Waals surface area contributed by atoms with Gasteiger partial charge in [0.15, 0.2) is 0 Å². The van der Waals surface area contributed by atoms with Crippen molar-refractivity contribution in [3.63, 3.8) is 0 Å². The van der Waals surface area contributed by atoms with E-state index in [0.29, 0.717) is 12.8 Å². The summed E-state index contributed by atoms with van der Waals surface area (Å²) >= 11 is 0. The summed E-state index contributed by atoms with van der Waals surface area (Å²) in [4.78, 5) is 33.3. The summed E-state index contributed by atoms with van der Waals surface area (Å²) in [6.07, 6.45) is 0.815. The Kier molecular flexibility index (Phi) is 7.55. The molecule has 0 aromatic heterocycles. The van der Waals surface area contributed by atoms with Gasteiger partial charge < -0.3 is 21.5 Å². The molecule has 3 amide bonds. The van der Waals surface area contributed by atoms with Crippen LogP contribution in [0.15, 0.2) is 0 Å². The Bertz CT molecular complexity index is 331. The van der Waals surface area contributed by atoms with Crippen molar-refractivity contribution in [1.82, 2.24) is 10.6 Å². The van der Waals surface area contributed by atoms with E-state index in [9.17, 15) is 14.4 Å². The summed E-state index contributed by atoms with van der Waals surface area (Å²) < 4.78 is 0. The summed E-state index contributed by atoms with van der Waals surface area (Å²) in [5, 5.41) is 13.7. The summed E-state index contributed by atoms with van der Waals surface area (Å²) in [7, 11) is 0. The van der Waals surface area contributed by atoms with Gasteiger partial charge in [-0.25, -0.2) is 4.79 Å². The fourth-order valence-corrected chi connectivity index (χ4v) is 1.53. The Morgan fingerprint density at radius 2 is 1.79 bits per heavy atom. The predicted molar refractivity (Wildman–Crippen MR) is 70.4 cm³/mol. The number of hydrogen-bond acceptors (Lipinski definition) is 3. The molecule has 19 heavy (non-hydrogen) atoms. The van der Waals surface area contributed by atoms with Gasteiger partial charge in [0.1, 0.15) is 6.04 Å². The van der Waals surface area contributed by atoms with Crippen LogP contribution in [0.2, 0.25) is 0 Å². The molecule has 7 heteroatoms. The Labute approximate surface area is 112 Å². The van der Waals surface area contributed by atoms with E-state index in [-0.39, 0.29) is 18.4 Å². The Hall–Kier alpha value is -1.79. The van der Waals surface area contributed by atoms with Crippen LogP contribution in [0, 0.1) is 11.8 Å². The van der Waals surface area contributed by atoms with Gasteiger partial charge in [-0.3, -0.25) is 9.59 Å². The molecule has 0 spiro atoms. The lowest BCUT2D eigenvalue weighted by atomic mass is 10.0. The number of nitrogens with two attached hydrogens (primary N) is 1. The van der Waals surface area contributed by atoms with E-state index in [4.69, 9.17) is 10.8 Å². The van der Waals surface area contributed by atoms with Gasteiger partial charge in [-0.05, 0) is 18.8 Å². The van der Waals surface area contributed by atoms with Crippen molar-refractivity contribution in [2.24, 2.45) is 17.6 Å². The molecule has 0 saturated carbocycles. The third-order valence-corrected chi connectivity index (χ3v) is 2.64. The van der Waals surface area contributed by atoms with E-state index in [1.54, 1.807) is 6.92 Å². The number of carbonyl (C=O) groups is 3. The SMILES string of the molecule is CC(C)CC(NC(N)=O)C(=O)NCCC(C)C(=O)O. The van der Waals surface area contributed by atoms with Crippen molar-refractivity contribution in [3.05, 3.63) is 0 Å². The number of nitrogens with one attached hydrogen (secondary N) is 2. The van der Waals surface area contributed by atoms with E-state index < -0.39 is 24.0 Å². The molecule has 0 aromatic carbocycles. The lowest BCUT2D eigenvalue weighted by Crippen LogP contribution is -2.49. The predicted octanol–water partition coefficient (Wildman–Crippen LogP) is 0.296. The van der Waals surface area contributed by atoms with Gasteiger partial charge in [-0.1, -0.05) is 20.8 Å². The molecule has 7 nitrogen and oxygen atoms in total. The van der Waals surface area contributed by atoms with Crippen LogP contribution >= 0.6 is 0 Å². The first kappa shape index (κ1) is 17.2. The van der Waals surface area contributed by atoms with Crippen LogP contribution in [0.5, 0.6) is 0 Å². The number of urea groups is 1. The van der Waals surface area contributed by atoms with Crippen LogP contribution in [-0.2, 0) is 9.59 Å². The van der Waals surface area contributed by atoms with Crippen molar-refractivity contribution in [2.45, 2.75) is 39.7 Å². The first-order valence-corrected chi connectivity index (χ1v) is 6.30. The molecule has 0 bridgehead atoms. The molecule has 0 aliphatic rings. The maximum absolute atomic E-state index is 11.8. The second-order valence-electron chi connectivity index (χ2n) is 5.01. The fourth-order valence-electron chi connectivity index (χ4n) is 1.53. The van der Waals surface area contributed by atoms with E-state index in [2.05, 4.69) is 10.6 Å². The highest BCUT2D eigenvalue weighted by Gasteiger charge is 2.21. The lowest BCUT2D eigenvalue weighted by Gasteiger charge is -2.19. The minimum absolute atomic E-state index is 0.223. The van der Waals surface area contributed by atoms with Crippen LogP contribution in [-0.4, -0.2) is 35.6 Å². The smallest absolute Gasteiger partial charge is 0.312 e. The lowest BCUT2D eigenvalue weighted by molar-refractivity contribution is -0.141. The Morgan fingerprint density at radius 1 is 1.21 bits per heavy atom. The van der Waals surface area contributed by atoms with Crippen LogP contribution in [0.4, 0.5) is 4.79 Å². The second kappa shape index (κ2) is 8.34. The van der Waals surface area contributed by atoms with Crippen LogP contribution in [0.3, 0.4) is 0 Å². The van der Waals surface area contributed by atoms with Crippen molar-refractivity contribution >= 4 is 17.9 Å². The summed E-state index contributed by atoms with van der Waals surface area (Å²) in [5.74, 6) is -1.54. The summed E-state index contributed by atoms with van der Waals surface area (Å²) in [5.41, 5.74) is 5.02. The molecular weight excluding hydrogens is 250 g/mol. The number of carboxylic acid groups (broad SMARTS) is 1. The largest absolute Gasteiger partial charge is 0.481 e. The maximum atomic E-state index is 11.8. The van der Waals surface area contributed by atoms with E-state index >= 15 is 0 Å². The number of hydrogen-bond donors (Lipinski definition) is 4. The normalized spacial score (nSPS) is 13.7. The van der Waals surface area contributed by atoms with Gasteiger partial charge in [0.2, 0.25) is 5.91 Å². The van der Waals surface area contributed by atoms with E-state index in [0.717, 1.165) is 0 Å². The van der Waals surface area contributed by atoms with Crippen molar-refractivity contribution in [2.75, 3.05) is 6.54 Å². The van der Waals surface area contributed by atoms with Crippen molar-refractivity contribution in [3.8, 4) is 0 Å². The number of carboxylic acids is 1. The zero-order valence-electron chi connectivity index (χ0n) is 11.6. The third-order valence-electron chi connectivity index (χ3n) is 2.64. The van der Waals surface area contributed by atoms with Gasteiger partial charge in [-0.15, -0.1) is 0 Å². The van der Waals surface area contributed by atoms with E-state index in [1.165, 1.54) is 0 Å². The molecule has 0 fully saturated rings. The number of carbonyl (C=O) groups excluding carboxylic acids is 2. The molecule has 2 atom stereocenters. The molecule has 0 aliphatic heterocycles. The fraction of sp³-hybridized carbons (Fsp3) is 0.750. The molecule has 0 radical (unpaired) electrons. The molecular formula is C12H23N3O4. The first-order chi connectivity index (χ1) is 8.73. The quantitative estimate of drug-likeness (QED) is 0.508. The third kappa shape index (κ3) is 8.01. The topological polar surface area (TPSA) is 122 Å². The maximum Gasteiger partial charge on any atom is 0.312 e. The zero-order chi connectivity index (χ0) is 15.0.